The van der Waals surface area contributed by atoms with Gasteiger partial charge in [-0.25, -0.2) is 4.39 Å². The highest BCUT2D eigenvalue weighted by molar-refractivity contribution is 5.91. The fraction of sp³-hybridized carbons (Fsp3) is 0.227. The topological polar surface area (TPSA) is 38.5 Å². The predicted molar refractivity (Wildman–Crippen MR) is 103 cm³/mol. The van der Waals surface area contributed by atoms with Gasteiger partial charge in [0.1, 0.15) is 5.82 Å². The molecular weight excluding hydrogens is 341 g/mol. The summed E-state index contributed by atoms with van der Waals surface area (Å²) in [7, 11) is 0. The van der Waals surface area contributed by atoms with E-state index in [4.69, 9.17) is 0 Å². The maximum Gasteiger partial charge on any atom is 0.279 e. The summed E-state index contributed by atoms with van der Waals surface area (Å²) < 4.78 is 16.7. The number of quaternary nitrogens is 1. The molecule has 1 amide bonds. The first-order valence-electron chi connectivity index (χ1n) is 9.22. The summed E-state index contributed by atoms with van der Waals surface area (Å²) in [6.07, 6.45) is 2.02. The van der Waals surface area contributed by atoms with E-state index in [1.807, 2.05) is 61.7 Å². The number of nitrogens with one attached hydrogen (secondary N) is 2. The van der Waals surface area contributed by atoms with Gasteiger partial charge in [-0.05, 0) is 43.3 Å². The first-order valence-corrected chi connectivity index (χ1v) is 9.22. The number of amides is 1. The van der Waals surface area contributed by atoms with Gasteiger partial charge in [-0.3, -0.25) is 4.79 Å². The summed E-state index contributed by atoms with van der Waals surface area (Å²) in [4.78, 5) is 13.7. The van der Waals surface area contributed by atoms with E-state index < -0.39 is 0 Å². The smallest absolute Gasteiger partial charge is 0.279 e. The molecule has 2 N–H and O–H groups in total. The maximum absolute atomic E-state index is 14.5. The second kappa shape index (κ2) is 7.37. The Morgan fingerprint density at radius 3 is 2.70 bits per heavy atom. The van der Waals surface area contributed by atoms with E-state index in [0.29, 0.717) is 5.56 Å². The van der Waals surface area contributed by atoms with Gasteiger partial charge in [0.05, 0.1) is 24.3 Å². The molecule has 1 unspecified atom stereocenters. The quantitative estimate of drug-likeness (QED) is 0.734. The van der Waals surface area contributed by atoms with Crippen LogP contribution in [0.2, 0.25) is 0 Å². The maximum atomic E-state index is 14.5. The molecule has 1 aliphatic rings. The van der Waals surface area contributed by atoms with Gasteiger partial charge in [0.25, 0.3) is 5.91 Å². The Balaban J connectivity index is 1.58. The van der Waals surface area contributed by atoms with E-state index in [1.165, 1.54) is 6.07 Å². The van der Waals surface area contributed by atoms with Crippen molar-refractivity contribution in [3.05, 3.63) is 89.5 Å². The lowest BCUT2D eigenvalue weighted by Crippen LogP contribution is -3.14. The number of fused-ring (bicyclic) bond motifs is 1. The van der Waals surface area contributed by atoms with Crippen LogP contribution in [-0.2, 0) is 11.3 Å². The van der Waals surface area contributed by atoms with Crippen molar-refractivity contribution >= 4 is 11.6 Å². The minimum absolute atomic E-state index is 0.0600. The number of aryl methyl sites for hydroxylation is 1. The molecule has 27 heavy (non-hydrogen) atoms. The summed E-state index contributed by atoms with van der Waals surface area (Å²) in [5, 5.41) is 2.96. The molecule has 1 aromatic heterocycles. The number of anilines is 1. The Hall–Kier alpha value is -2.92. The molecule has 0 fully saturated rings. The molecule has 1 aliphatic heterocycles. The van der Waals surface area contributed by atoms with E-state index in [9.17, 15) is 9.18 Å². The summed E-state index contributed by atoms with van der Waals surface area (Å²) in [5.74, 6) is -0.288. The van der Waals surface area contributed by atoms with Crippen LogP contribution in [-0.4, -0.2) is 23.6 Å². The lowest BCUT2D eigenvalue weighted by molar-refractivity contribution is -0.922. The fourth-order valence-corrected chi connectivity index (χ4v) is 3.84. The van der Waals surface area contributed by atoms with Crippen LogP contribution in [0, 0.1) is 12.7 Å². The molecular formula is C22H23FN3O+. The lowest BCUT2D eigenvalue weighted by Gasteiger charge is -2.34. The van der Waals surface area contributed by atoms with Gasteiger partial charge in [-0.2, -0.15) is 0 Å². The van der Waals surface area contributed by atoms with Crippen LogP contribution in [0.4, 0.5) is 10.1 Å². The second-order valence-corrected chi connectivity index (χ2v) is 7.08. The SMILES string of the molecule is Cc1ccc(NC(=O)C[NH+]2CCn3cccc3[C@@H]2c2ccccc2F)cc1. The Labute approximate surface area is 158 Å². The fourth-order valence-electron chi connectivity index (χ4n) is 3.84. The van der Waals surface area contributed by atoms with Gasteiger partial charge in [-0.1, -0.05) is 29.8 Å². The summed E-state index contributed by atoms with van der Waals surface area (Å²) >= 11 is 0. The molecule has 2 atom stereocenters. The Kier molecular flexibility index (Phi) is 4.77. The van der Waals surface area contributed by atoms with Crippen LogP contribution in [0.5, 0.6) is 0 Å². The van der Waals surface area contributed by atoms with E-state index in [1.54, 1.807) is 6.07 Å². The number of hydrogen-bond acceptors (Lipinski definition) is 1. The predicted octanol–water partition coefficient (Wildman–Crippen LogP) is 2.56. The van der Waals surface area contributed by atoms with Crippen LogP contribution >= 0.6 is 0 Å². The Morgan fingerprint density at radius 1 is 1.15 bits per heavy atom. The number of carbonyl (C=O) groups is 1. The van der Waals surface area contributed by atoms with Crippen LogP contribution < -0.4 is 10.2 Å². The van der Waals surface area contributed by atoms with Crippen molar-refractivity contribution in [3.8, 4) is 0 Å². The van der Waals surface area contributed by atoms with Crippen molar-refractivity contribution in [3.63, 3.8) is 0 Å². The molecule has 4 nitrogen and oxygen atoms in total. The van der Waals surface area contributed by atoms with Crippen molar-refractivity contribution in [2.24, 2.45) is 0 Å². The monoisotopic (exact) mass is 364 g/mol. The van der Waals surface area contributed by atoms with Crippen molar-refractivity contribution in [2.75, 3.05) is 18.4 Å². The average Bonchev–Trinajstić information content (AvgIpc) is 3.13. The normalized spacial score (nSPS) is 18.7. The van der Waals surface area contributed by atoms with Crippen molar-refractivity contribution in [2.45, 2.75) is 19.5 Å². The first-order chi connectivity index (χ1) is 13.1. The molecule has 3 aromatic rings. The van der Waals surface area contributed by atoms with E-state index in [0.717, 1.165) is 34.9 Å². The van der Waals surface area contributed by atoms with Gasteiger partial charge in [0.2, 0.25) is 0 Å². The number of hydrogen-bond donors (Lipinski definition) is 2. The number of benzene rings is 2. The first kappa shape index (κ1) is 17.5. The molecule has 2 aromatic carbocycles. The van der Waals surface area contributed by atoms with Gasteiger partial charge in [-0.15, -0.1) is 0 Å². The number of carbonyl (C=O) groups excluding carboxylic acids is 1. The third-order valence-corrected chi connectivity index (χ3v) is 5.18. The van der Waals surface area contributed by atoms with Crippen molar-refractivity contribution in [1.29, 1.82) is 0 Å². The minimum atomic E-state index is -0.228. The van der Waals surface area contributed by atoms with Crippen LogP contribution in [0.3, 0.4) is 0 Å². The molecule has 2 heterocycles. The molecule has 0 saturated carbocycles. The Morgan fingerprint density at radius 2 is 1.93 bits per heavy atom. The zero-order valence-electron chi connectivity index (χ0n) is 15.3. The second-order valence-electron chi connectivity index (χ2n) is 7.08. The molecule has 0 saturated heterocycles. The van der Waals surface area contributed by atoms with Gasteiger partial charge in [0.15, 0.2) is 12.6 Å². The Bertz CT molecular complexity index is 948. The average molecular weight is 364 g/mol. The van der Waals surface area contributed by atoms with Gasteiger partial charge >= 0.3 is 0 Å². The lowest BCUT2D eigenvalue weighted by atomic mass is 9.99. The molecule has 0 radical (unpaired) electrons. The number of halogens is 1. The molecule has 4 rings (SSSR count). The zero-order valence-corrected chi connectivity index (χ0v) is 15.3. The standard InChI is InChI=1S/C22H22FN3O/c1-16-8-10-17(11-9-16)24-21(27)15-26-14-13-25-12-4-7-20(25)22(26)18-5-2-3-6-19(18)23/h2-12,22H,13-15H2,1H3,(H,24,27)/p+1/t22-/m0/s1. The summed E-state index contributed by atoms with van der Waals surface area (Å²) in [6.45, 7) is 3.89. The van der Waals surface area contributed by atoms with Crippen LogP contribution in [0.25, 0.3) is 0 Å². The summed E-state index contributed by atoms with van der Waals surface area (Å²) in [6, 6.07) is 18.4. The highest BCUT2D eigenvalue weighted by atomic mass is 19.1. The number of nitrogens with zero attached hydrogens (tertiary/aromatic N) is 1. The largest absolute Gasteiger partial charge is 0.340 e. The van der Waals surface area contributed by atoms with Crippen LogP contribution in [0.15, 0.2) is 66.9 Å². The van der Waals surface area contributed by atoms with Crippen molar-refractivity contribution in [1.82, 2.24) is 4.57 Å². The highest BCUT2D eigenvalue weighted by Crippen LogP contribution is 2.24. The molecule has 0 bridgehead atoms. The van der Waals surface area contributed by atoms with E-state index in [2.05, 4.69) is 9.88 Å². The van der Waals surface area contributed by atoms with Gasteiger partial charge in [0, 0.05) is 11.9 Å². The zero-order chi connectivity index (χ0) is 18.8. The number of rotatable bonds is 4. The highest BCUT2D eigenvalue weighted by Gasteiger charge is 2.35. The molecule has 0 spiro atoms. The minimum Gasteiger partial charge on any atom is -0.340 e. The molecule has 5 heteroatoms. The molecule has 0 aliphatic carbocycles. The van der Waals surface area contributed by atoms with E-state index in [-0.39, 0.29) is 24.3 Å². The molecule has 138 valence electrons. The summed E-state index contributed by atoms with van der Waals surface area (Å²) in [5.41, 5.74) is 3.61. The van der Waals surface area contributed by atoms with Crippen LogP contribution in [0.1, 0.15) is 22.9 Å². The third-order valence-electron chi connectivity index (χ3n) is 5.18. The van der Waals surface area contributed by atoms with E-state index >= 15 is 0 Å². The number of aromatic nitrogens is 1. The van der Waals surface area contributed by atoms with Crippen molar-refractivity contribution < 1.29 is 14.1 Å². The van der Waals surface area contributed by atoms with Gasteiger partial charge < -0.3 is 14.8 Å². The third kappa shape index (κ3) is 3.64.